The highest BCUT2D eigenvalue weighted by Gasteiger charge is 2.30. The third-order valence-corrected chi connectivity index (χ3v) is 8.89. The Labute approximate surface area is 264 Å². The zero-order valence-corrected chi connectivity index (χ0v) is 26.1. The number of aryl methyl sites for hydroxylation is 2. The number of rotatable bonds is 8. The lowest BCUT2D eigenvalue weighted by Gasteiger charge is -2.20. The van der Waals surface area contributed by atoms with E-state index in [2.05, 4.69) is 16.0 Å². The van der Waals surface area contributed by atoms with Crippen molar-refractivity contribution >= 4 is 17.5 Å². The second-order valence-corrected chi connectivity index (χ2v) is 11.8. The van der Waals surface area contributed by atoms with Gasteiger partial charge in [-0.25, -0.2) is 14.2 Å². The van der Waals surface area contributed by atoms with Gasteiger partial charge < -0.3 is 25.3 Å². The van der Waals surface area contributed by atoms with Gasteiger partial charge in [0.1, 0.15) is 11.4 Å². The Morgan fingerprint density at radius 2 is 1.80 bits per heavy atom. The maximum atomic E-state index is 16.4. The molecule has 1 aliphatic heterocycles. The van der Waals surface area contributed by atoms with E-state index in [0.29, 0.717) is 52.5 Å². The molecule has 0 saturated carbocycles. The minimum atomic E-state index is -0.713. The van der Waals surface area contributed by atoms with Gasteiger partial charge in [0.25, 0.3) is 11.5 Å². The molecule has 11 nitrogen and oxygen atoms in total. The van der Waals surface area contributed by atoms with Gasteiger partial charge in [0.2, 0.25) is 11.8 Å². The van der Waals surface area contributed by atoms with Crippen molar-refractivity contribution in [2.45, 2.75) is 44.7 Å². The van der Waals surface area contributed by atoms with Crippen LogP contribution in [0.2, 0.25) is 0 Å². The normalized spacial score (nSPS) is 17.1. The Hall–Kier alpha value is -5.10. The van der Waals surface area contributed by atoms with Gasteiger partial charge in [-0.05, 0) is 61.1 Å². The first-order valence-corrected chi connectivity index (χ1v) is 15.1. The molecule has 2 amide bonds. The van der Waals surface area contributed by atoms with Crippen molar-refractivity contribution in [1.82, 2.24) is 24.8 Å². The number of carbonyl (C=O) groups is 2. The number of nitrogens with one attached hydrogen (secondary N) is 3. The van der Waals surface area contributed by atoms with E-state index in [1.54, 1.807) is 50.4 Å². The summed E-state index contributed by atoms with van der Waals surface area (Å²) in [4.78, 5) is 54.1. The SMILES string of the molecule is COc1nc(-c2cccc(-c3cccc(NC(=O)c4cn(C)c(=O)n(C)c4=O)c3C)c2F)cc2c1C(NCC1CCC(=O)N1)CC2. The number of anilines is 1. The summed E-state index contributed by atoms with van der Waals surface area (Å²) < 4.78 is 24.1. The summed E-state index contributed by atoms with van der Waals surface area (Å²) in [6.45, 7) is 2.41. The Morgan fingerprint density at radius 3 is 2.54 bits per heavy atom. The minimum absolute atomic E-state index is 0.0155. The van der Waals surface area contributed by atoms with Crippen LogP contribution in [0.3, 0.4) is 0 Å². The maximum Gasteiger partial charge on any atom is 0.330 e. The van der Waals surface area contributed by atoms with Crippen molar-refractivity contribution in [1.29, 1.82) is 0 Å². The standard InChI is InChI=1S/C34H35FN6O5/c1-18-21(7-6-10-25(18)38-31(43)24-17-40(2)34(45)41(3)33(24)44)22-8-5-9-23(30(22)35)27-15-19-11-13-26(29(19)32(39-27)46-4)36-16-20-12-14-28(42)37-20/h5-10,15,17,20,26,36H,11-14,16H2,1-4H3,(H,37,42)(H,38,43). The average Bonchev–Trinajstić information content (AvgIpc) is 3.66. The molecule has 1 saturated heterocycles. The zero-order chi connectivity index (χ0) is 32.7. The van der Waals surface area contributed by atoms with Crippen molar-refractivity contribution in [3.05, 3.63) is 97.6 Å². The smallest absolute Gasteiger partial charge is 0.330 e. The summed E-state index contributed by atoms with van der Waals surface area (Å²) in [5.41, 5.74) is 3.18. The Bertz CT molecular complexity index is 2000. The lowest BCUT2D eigenvalue weighted by molar-refractivity contribution is -0.119. The summed E-state index contributed by atoms with van der Waals surface area (Å²) in [5, 5.41) is 9.28. The average molecular weight is 627 g/mol. The highest BCUT2D eigenvalue weighted by molar-refractivity contribution is 6.04. The fourth-order valence-electron chi connectivity index (χ4n) is 6.37. The molecule has 3 N–H and O–H groups in total. The van der Waals surface area contributed by atoms with Gasteiger partial charge in [-0.3, -0.25) is 19.0 Å². The fraction of sp³-hybridized carbons (Fsp3) is 0.324. The van der Waals surface area contributed by atoms with E-state index in [1.165, 1.54) is 20.3 Å². The van der Waals surface area contributed by atoms with E-state index in [0.717, 1.165) is 39.5 Å². The lowest BCUT2D eigenvalue weighted by Crippen LogP contribution is -2.40. The Morgan fingerprint density at radius 1 is 1.07 bits per heavy atom. The predicted octanol–water partition coefficient (Wildman–Crippen LogP) is 3.38. The molecule has 6 rings (SSSR count). The van der Waals surface area contributed by atoms with Crippen molar-refractivity contribution in [3.8, 4) is 28.3 Å². The fourth-order valence-corrected chi connectivity index (χ4v) is 6.37. The van der Waals surface area contributed by atoms with E-state index in [-0.39, 0.29) is 23.6 Å². The van der Waals surface area contributed by atoms with Crippen LogP contribution in [0.15, 0.2) is 58.3 Å². The summed E-state index contributed by atoms with van der Waals surface area (Å²) >= 11 is 0. The molecule has 2 atom stereocenters. The van der Waals surface area contributed by atoms with Gasteiger partial charge in [0, 0.05) is 67.7 Å². The van der Waals surface area contributed by atoms with Crippen LogP contribution in [0.1, 0.15) is 52.4 Å². The second kappa shape index (κ2) is 12.4. The first-order chi connectivity index (χ1) is 22.1. The summed E-state index contributed by atoms with van der Waals surface area (Å²) in [6, 6.07) is 12.3. The molecule has 0 spiro atoms. The number of pyridine rings is 1. The maximum absolute atomic E-state index is 16.4. The Balaban J connectivity index is 1.29. The molecule has 2 aromatic carbocycles. The minimum Gasteiger partial charge on any atom is -0.481 e. The topological polar surface area (TPSA) is 136 Å². The van der Waals surface area contributed by atoms with Crippen LogP contribution in [0.4, 0.5) is 10.1 Å². The summed E-state index contributed by atoms with van der Waals surface area (Å²) in [6.07, 6.45) is 4.16. The first kappa shape index (κ1) is 30.9. The molecular weight excluding hydrogens is 591 g/mol. The number of ether oxygens (including phenoxy) is 1. The van der Waals surface area contributed by atoms with E-state index in [1.807, 2.05) is 6.07 Å². The van der Waals surface area contributed by atoms with E-state index < -0.39 is 23.0 Å². The lowest BCUT2D eigenvalue weighted by atomic mass is 9.95. The highest BCUT2D eigenvalue weighted by atomic mass is 19.1. The van der Waals surface area contributed by atoms with Gasteiger partial charge in [-0.2, -0.15) is 0 Å². The van der Waals surface area contributed by atoms with Crippen LogP contribution >= 0.6 is 0 Å². The highest BCUT2D eigenvalue weighted by Crippen LogP contribution is 2.41. The second-order valence-electron chi connectivity index (χ2n) is 11.8. The molecule has 0 radical (unpaired) electrons. The molecule has 3 heterocycles. The number of methoxy groups -OCH3 is 1. The number of nitrogens with zero attached hydrogens (tertiary/aromatic N) is 3. The number of halogens is 1. The van der Waals surface area contributed by atoms with Crippen LogP contribution in [0.5, 0.6) is 5.88 Å². The number of aromatic nitrogens is 3. The number of amides is 2. The Kier molecular flexibility index (Phi) is 8.30. The largest absolute Gasteiger partial charge is 0.481 e. The molecular formula is C34H35FN6O5. The van der Waals surface area contributed by atoms with Crippen LogP contribution in [0.25, 0.3) is 22.4 Å². The molecule has 46 heavy (non-hydrogen) atoms. The van der Waals surface area contributed by atoms with Crippen LogP contribution in [-0.4, -0.2) is 45.6 Å². The van der Waals surface area contributed by atoms with E-state index in [9.17, 15) is 19.2 Å². The molecule has 4 aromatic rings. The quantitative estimate of drug-likeness (QED) is 0.273. The number of benzene rings is 2. The third-order valence-electron chi connectivity index (χ3n) is 8.89. The molecule has 1 aliphatic carbocycles. The summed E-state index contributed by atoms with van der Waals surface area (Å²) in [5.74, 6) is -0.638. The monoisotopic (exact) mass is 626 g/mol. The van der Waals surface area contributed by atoms with Gasteiger partial charge in [-0.15, -0.1) is 0 Å². The third kappa shape index (κ3) is 5.60. The van der Waals surface area contributed by atoms with Crippen LogP contribution < -0.4 is 31.9 Å². The molecule has 2 aromatic heterocycles. The first-order valence-electron chi connectivity index (χ1n) is 15.1. The van der Waals surface area contributed by atoms with Crippen LogP contribution in [-0.2, 0) is 25.3 Å². The van der Waals surface area contributed by atoms with E-state index >= 15 is 4.39 Å². The number of hydrogen-bond acceptors (Lipinski definition) is 7. The van der Waals surface area contributed by atoms with Gasteiger partial charge in [0.05, 0.1) is 12.8 Å². The predicted molar refractivity (Wildman–Crippen MR) is 171 cm³/mol. The molecule has 12 heteroatoms. The molecule has 238 valence electrons. The van der Waals surface area contributed by atoms with Crippen molar-refractivity contribution < 1.29 is 18.7 Å². The molecule has 0 bridgehead atoms. The zero-order valence-electron chi connectivity index (χ0n) is 26.1. The number of carbonyl (C=O) groups excluding carboxylic acids is 2. The van der Waals surface area contributed by atoms with Crippen molar-refractivity contribution in [2.75, 3.05) is 19.0 Å². The number of hydrogen-bond donors (Lipinski definition) is 3. The van der Waals surface area contributed by atoms with Gasteiger partial charge >= 0.3 is 5.69 Å². The summed E-state index contributed by atoms with van der Waals surface area (Å²) in [7, 11) is 4.32. The van der Waals surface area contributed by atoms with E-state index in [4.69, 9.17) is 9.72 Å². The van der Waals surface area contributed by atoms with Crippen molar-refractivity contribution in [2.24, 2.45) is 14.1 Å². The molecule has 2 unspecified atom stereocenters. The molecule has 2 aliphatic rings. The molecule has 1 fully saturated rings. The van der Waals surface area contributed by atoms with Gasteiger partial charge in [-0.1, -0.05) is 24.3 Å². The van der Waals surface area contributed by atoms with Gasteiger partial charge in [0.15, 0.2) is 0 Å². The number of fused-ring (bicyclic) bond motifs is 1. The van der Waals surface area contributed by atoms with Crippen molar-refractivity contribution in [3.63, 3.8) is 0 Å². The van der Waals surface area contributed by atoms with Crippen LogP contribution in [0, 0.1) is 12.7 Å².